The molecular weight excluding hydrogens is 346 g/mol. The van der Waals surface area contributed by atoms with E-state index in [9.17, 15) is 9.59 Å². The first-order valence-corrected chi connectivity index (χ1v) is 9.51. The lowest BCUT2D eigenvalue weighted by Gasteiger charge is -2.39. The molecule has 2 aliphatic heterocycles. The van der Waals surface area contributed by atoms with Crippen molar-refractivity contribution in [2.45, 2.75) is 26.7 Å². The first-order valence-electron chi connectivity index (χ1n) is 9.51. The molecule has 0 bridgehead atoms. The lowest BCUT2D eigenvalue weighted by molar-refractivity contribution is -0.141. The van der Waals surface area contributed by atoms with E-state index in [4.69, 9.17) is 0 Å². The molecule has 0 N–H and O–H groups in total. The molecule has 0 unspecified atom stereocenters. The highest BCUT2D eigenvalue weighted by atomic mass is 16.2. The Morgan fingerprint density at radius 2 is 1.78 bits per heavy atom. The molecule has 9 nitrogen and oxygen atoms in total. The minimum Gasteiger partial charge on any atom is -0.354 e. The molecule has 144 valence electrons. The summed E-state index contributed by atoms with van der Waals surface area (Å²) in [6, 6.07) is 3.86. The van der Waals surface area contributed by atoms with Crippen LogP contribution < -0.4 is 4.90 Å². The average Bonchev–Trinajstić information content (AvgIpc) is 3.08. The summed E-state index contributed by atoms with van der Waals surface area (Å²) in [7, 11) is 0. The quantitative estimate of drug-likeness (QED) is 0.757. The van der Waals surface area contributed by atoms with Crippen LogP contribution in [-0.2, 0) is 9.59 Å². The summed E-state index contributed by atoms with van der Waals surface area (Å²) in [5.41, 5.74) is 0.726. The second kappa shape index (κ2) is 7.13. The molecule has 0 spiro atoms. The lowest BCUT2D eigenvalue weighted by Crippen LogP contribution is -2.53. The number of nitrogens with zero attached hydrogens (tertiary/aromatic N) is 7. The fraction of sp³-hybridized carbons (Fsp3) is 0.611. The van der Waals surface area contributed by atoms with Crippen molar-refractivity contribution in [2.75, 3.05) is 44.2 Å². The Morgan fingerprint density at radius 3 is 2.52 bits per heavy atom. The van der Waals surface area contributed by atoms with Gasteiger partial charge in [-0.05, 0) is 31.9 Å². The molecule has 2 aromatic rings. The maximum absolute atomic E-state index is 13.0. The van der Waals surface area contributed by atoms with Gasteiger partial charge in [-0.25, -0.2) is 0 Å². The van der Waals surface area contributed by atoms with Gasteiger partial charge in [0.2, 0.25) is 11.8 Å². The number of rotatable bonds is 2. The summed E-state index contributed by atoms with van der Waals surface area (Å²) in [5, 5.41) is 12.8. The van der Waals surface area contributed by atoms with E-state index in [0.717, 1.165) is 36.7 Å². The molecule has 4 heterocycles. The number of carbonyl (C=O) groups excluding carboxylic acids is 2. The van der Waals surface area contributed by atoms with Gasteiger partial charge in [0.15, 0.2) is 11.5 Å². The summed E-state index contributed by atoms with van der Waals surface area (Å²) in [6.45, 7) is 7.52. The predicted octanol–water partition coefficient (Wildman–Crippen LogP) is 0.340. The van der Waals surface area contributed by atoms with Crippen molar-refractivity contribution in [2.24, 2.45) is 5.92 Å². The van der Waals surface area contributed by atoms with Crippen molar-refractivity contribution >= 4 is 23.3 Å². The van der Waals surface area contributed by atoms with Crippen molar-refractivity contribution in [1.29, 1.82) is 0 Å². The molecule has 0 aromatic carbocycles. The molecule has 2 aliphatic rings. The van der Waals surface area contributed by atoms with Gasteiger partial charge in [0, 0.05) is 46.2 Å². The number of hydrogen-bond acceptors (Lipinski definition) is 6. The largest absolute Gasteiger partial charge is 0.354 e. The Kier molecular flexibility index (Phi) is 4.67. The summed E-state index contributed by atoms with van der Waals surface area (Å²) < 4.78 is 1.74. The van der Waals surface area contributed by atoms with Gasteiger partial charge < -0.3 is 14.7 Å². The van der Waals surface area contributed by atoms with Gasteiger partial charge >= 0.3 is 0 Å². The van der Waals surface area contributed by atoms with Crippen molar-refractivity contribution in [3.63, 3.8) is 0 Å². The number of piperidine rings is 1. The van der Waals surface area contributed by atoms with Crippen molar-refractivity contribution < 1.29 is 9.59 Å². The smallest absolute Gasteiger partial charge is 0.227 e. The maximum Gasteiger partial charge on any atom is 0.227 e. The molecule has 2 saturated heterocycles. The second-order valence-electron chi connectivity index (χ2n) is 7.33. The van der Waals surface area contributed by atoms with Gasteiger partial charge in [0.05, 0.1) is 5.92 Å². The van der Waals surface area contributed by atoms with E-state index in [1.54, 1.807) is 16.3 Å². The summed E-state index contributed by atoms with van der Waals surface area (Å²) >= 11 is 0. The summed E-state index contributed by atoms with van der Waals surface area (Å²) in [6.07, 6.45) is 1.86. The van der Waals surface area contributed by atoms with Crippen LogP contribution in [0.4, 0.5) is 5.82 Å². The zero-order chi connectivity index (χ0) is 19.0. The third-order valence-corrected chi connectivity index (χ3v) is 5.54. The highest BCUT2D eigenvalue weighted by molar-refractivity contribution is 5.80. The second-order valence-corrected chi connectivity index (χ2v) is 7.33. The molecule has 0 saturated carbocycles. The van der Waals surface area contributed by atoms with Crippen molar-refractivity contribution in [1.82, 2.24) is 29.6 Å². The van der Waals surface area contributed by atoms with Crippen LogP contribution in [-0.4, -0.2) is 80.7 Å². The van der Waals surface area contributed by atoms with E-state index < -0.39 is 0 Å². The zero-order valence-corrected chi connectivity index (χ0v) is 15.8. The van der Waals surface area contributed by atoms with Crippen molar-refractivity contribution in [3.05, 3.63) is 18.0 Å². The third kappa shape index (κ3) is 3.45. The Morgan fingerprint density at radius 1 is 1.04 bits per heavy atom. The Labute approximate surface area is 157 Å². The molecule has 4 rings (SSSR count). The molecule has 0 aliphatic carbocycles. The predicted molar refractivity (Wildman–Crippen MR) is 99.3 cm³/mol. The molecular formula is C18H25N7O2. The summed E-state index contributed by atoms with van der Waals surface area (Å²) in [5.74, 6) is 1.85. The fourth-order valence-corrected chi connectivity index (χ4v) is 3.94. The van der Waals surface area contributed by atoms with E-state index in [2.05, 4.69) is 20.2 Å². The van der Waals surface area contributed by atoms with Gasteiger partial charge in [-0.3, -0.25) is 9.59 Å². The molecule has 1 atom stereocenters. The van der Waals surface area contributed by atoms with Crippen LogP contribution in [0.25, 0.3) is 5.65 Å². The molecule has 2 amide bonds. The molecule has 0 radical (unpaired) electrons. The topological polar surface area (TPSA) is 86.9 Å². The average molecular weight is 371 g/mol. The molecule has 2 fully saturated rings. The normalized spacial score (nSPS) is 21.0. The van der Waals surface area contributed by atoms with Crippen LogP contribution in [0, 0.1) is 12.8 Å². The number of fused-ring (bicyclic) bond motifs is 1. The Balaban J connectivity index is 1.43. The van der Waals surface area contributed by atoms with E-state index in [1.807, 2.05) is 24.0 Å². The van der Waals surface area contributed by atoms with E-state index in [1.165, 1.54) is 0 Å². The van der Waals surface area contributed by atoms with Crippen LogP contribution in [0.5, 0.6) is 0 Å². The zero-order valence-electron chi connectivity index (χ0n) is 15.8. The minimum atomic E-state index is -0.0258. The maximum atomic E-state index is 13.0. The highest BCUT2D eigenvalue weighted by Gasteiger charge is 2.32. The minimum absolute atomic E-state index is 0.0258. The number of aromatic nitrogens is 4. The molecule has 27 heavy (non-hydrogen) atoms. The number of aryl methyl sites for hydroxylation is 1. The molecule has 2 aromatic heterocycles. The number of hydrogen-bond donors (Lipinski definition) is 0. The summed E-state index contributed by atoms with van der Waals surface area (Å²) in [4.78, 5) is 30.3. The standard InChI is InChI=1S/C18H25N7O2/c1-13-19-20-16-5-6-17(21-25(13)16)24-7-3-4-15(12-24)18(27)23-10-8-22(9-11-23)14(2)26/h5-6,15H,3-4,7-12H2,1-2H3/t15-/m0/s1. The van der Waals surface area contributed by atoms with Gasteiger partial charge in [-0.2, -0.15) is 4.52 Å². The SMILES string of the molecule is CC(=O)N1CCN(C(=O)[C@H]2CCCN(c3ccc4nnc(C)n4n3)C2)CC1. The number of carbonyl (C=O) groups is 2. The highest BCUT2D eigenvalue weighted by Crippen LogP contribution is 2.24. The number of piperazine rings is 1. The monoisotopic (exact) mass is 371 g/mol. The van der Waals surface area contributed by atoms with Crippen LogP contribution in [0.15, 0.2) is 12.1 Å². The molecule has 9 heteroatoms. The van der Waals surface area contributed by atoms with Crippen LogP contribution in [0.3, 0.4) is 0 Å². The van der Waals surface area contributed by atoms with Gasteiger partial charge in [0.25, 0.3) is 0 Å². The van der Waals surface area contributed by atoms with E-state index in [0.29, 0.717) is 32.7 Å². The van der Waals surface area contributed by atoms with Crippen molar-refractivity contribution in [3.8, 4) is 0 Å². The van der Waals surface area contributed by atoms with Gasteiger partial charge in [-0.1, -0.05) is 0 Å². The Hall–Kier alpha value is -2.71. The first kappa shape index (κ1) is 17.7. The van der Waals surface area contributed by atoms with Crippen LogP contribution >= 0.6 is 0 Å². The fourth-order valence-electron chi connectivity index (χ4n) is 3.94. The van der Waals surface area contributed by atoms with E-state index in [-0.39, 0.29) is 17.7 Å². The number of anilines is 1. The van der Waals surface area contributed by atoms with E-state index >= 15 is 0 Å². The third-order valence-electron chi connectivity index (χ3n) is 5.54. The van der Waals surface area contributed by atoms with Gasteiger partial charge in [0.1, 0.15) is 5.82 Å². The number of amides is 2. The first-order chi connectivity index (χ1) is 13.0. The van der Waals surface area contributed by atoms with Gasteiger partial charge in [-0.15, -0.1) is 15.3 Å². The Bertz CT molecular complexity index is 857. The lowest BCUT2D eigenvalue weighted by atomic mass is 9.96. The van der Waals surface area contributed by atoms with Crippen LogP contribution in [0.1, 0.15) is 25.6 Å². The van der Waals surface area contributed by atoms with Crippen LogP contribution in [0.2, 0.25) is 0 Å².